The maximum absolute atomic E-state index is 12.1. The van der Waals surface area contributed by atoms with Crippen LogP contribution in [0.3, 0.4) is 0 Å². The van der Waals surface area contributed by atoms with Crippen molar-refractivity contribution >= 4 is 17.8 Å². The van der Waals surface area contributed by atoms with E-state index in [1.165, 1.54) is 7.11 Å². The second kappa shape index (κ2) is 10.7. The lowest BCUT2D eigenvalue weighted by atomic mass is 10.1. The summed E-state index contributed by atoms with van der Waals surface area (Å²) >= 11 is 0. The lowest BCUT2D eigenvalue weighted by molar-refractivity contribution is -0.147. The third-order valence-electron chi connectivity index (χ3n) is 4.09. The van der Waals surface area contributed by atoms with E-state index in [2.05, 4.69) is 10.6 Å². The van der Waals surface area contributed by atoms with Crippen LogP contribution in [0, 0.1) is 0 Å². The van der Waals surface area contributed by atoms with Crippen LogP contribution in [0.2, 0.25) is 0 Å². The molecule has 0 fully saturated rings. The number of rotatable bonds is 9. The Morgan fingerprint density at radius 2 is 1.55 bits per heavy atom. The standard InChI is InChI=1S/C21H24N2O6/c1-14(15-8-4-6-10-17(15)27-2)23-19(24)13-29-20(25)12-22-21(26)16-9-5-7-11-18(16)28-3/h4-11,14H,12-13H2,1-3H3,(H,22,26)(H,23,24). The average Bonchev–Trinajstić information content (AvgIpc) is 2.75. The second-order valence-electron chi connectivity index (χ2n) is 6.07. The van der Waals surface area contributed by atoms with Gasteiger partial charge in [-0.1, -0.05) is 30.3 Å². The number of carbonyl (C=O) groups is 3. The molecule has 0 aromatic heterocycles. The first-order valence-electron chi connectivity index (χ1n) is 8.95. The first-order valence-corrected chi connectivity index (χ1v) is 8.95. The molecule has 8 heteroatoms. The molecule has 0 aliphatic heterocycles. The first-order chi connectivity index (χ1) is 14.0. The number of para-hydroxylation sites is 2. The highest BCUT2D eigenvalue weighted by molar-refractivity contribution is 5.98. The maximum Gasteiger partial charge on any atom is 0.325 e. The largest absolute Gasteiger partial charge is 0.496 e. The molecule has 1 atom stereocenters. The number of esters is 1. The molecule has 2 aromatic carbocycles. The van der Waals surface area contributed by atoms with E-state index < -0.39 is 24.4 Å². The van der Waals surface area contributed by atoms with Crippen LogP contribution >= 0.6 is 0 Å². The van der Waals surface area contributed by atoms with Gasteiger partial charge in [0.25, 0.3) is 11.8 Å². The predicted molar refractivity (Wildman–Crippen MR) is 106 cm³/mol. The monoisotopic (exact) mass is 400 g/mol. The number of ether oxygens (including phenoxy) is 3. The van der Waals surface area contributed by atoms with E-state index >= 15 is 0 Å². The van der Waals surface area contributed by atoms with Crippen LogP contribution in [0.1, 0.15) is 28.9 Å². The molecule has 0 saturated carbocycles. The maximum atomic E-state index is 12.1. The Labute approximate surface area is 169 Å². The van der Waals surface area contributed by atoms with Crippen molar-refractivity contribution in [3.63, 3.8) is 0 Å². The SMILES string of the molecule is COc1ccccc1C(=O)NCC(=O)OCC(=O)NC(C)c1ccccc1OC. The summed E-state index contributed by atoms with van der Waals surface area (Å²) in [4.78, 5) is 36.0. The van der Waals surface area contributed by atoms with Gasteiger partial charge in [0.1, 0.15) is 18.0 Å². The lowest BCUT2D eigenvalue weighted by Gasteiger charge is -2.17. The average molecular weight is 400 g/mol. The van der Waals surface area contributed by atoms with Crippen molar-refractivity contribution in [1.29, 1.82) is 0 Å². The molecular weight excluding hydrogens is 376 g/mol. The molecule has 2 rings (SSSR count). The highest BCUT2D eigenvalue weighted by atomic mass is 16.5. The Morgan fingerprint density at radius 3 is 2.24 bits per heavy atom. The van der Waals surface area contributed by atoms with Crippen molar-refractivity contribution in [2.75, 3.05) is 27.4 Å². The number of hydrogen-bond donors (Lipinski definition) is 2. The van der Waals surface area contributed by atoms with Gasteiger partial charge in [0.15, 0.2) is 6.61 Å². The summed E-state index contributed by atoms with van der Waals surface area (Å²) in [5, 5.41) is 5.17. The van der Waals surface area contributed by atoms with E-state index in [9.17, 15) is 14.4 Å². The summed E-state index contributed by atoms with van der Waals surface area (Å²) in [6, 6.07) is 13.6. The van der Waals surface area contributed by atoms with Crippen molar-refractivity contribution in [2.24, 2.45) is 0 Å². The number of carbonyl (C=O) groups excluding carboxylic acids is 3. The minimum Gasteiger partial charge on any atom is -0.496 e. The van der Waals surface area contributed by atoms with Gasteiger partial charge in [-0.3, -0.25) is 14.4 Å². The van der Waals surface area contributed by atoms with E-state index in [1.54, 1.807) is 44.4 Å². The smallest absolute Gasteiger partial charge is 0.325 e. The molecular formula is C21H24N2O6. The summed E-state index contributed by atoms with van der Waals surface area (Å²) in [5.41, 5.74) is 1.10. The van der Waals surface area contributed by atoms with Gasteiger partial charge in [-0.15, -0.1) is 0 Å². The third kappa shape index (κ3) is 6.24. The molecule has 0 spiro atoms. The zero-order valence-corrected chi connectivity index (χ0v) is 16.6. The van der Waals surface area contributed by atoms with E-state index in [0.29, 0.717) is 17.1 Å². The predicted octanol–water partition coefficient (Wildman–Crippen LogP) is 1.85. The van der Waals surface area contributed by atoms with Gasteiger partial charge in [-0.2, -0.15) is 0 Å². The third-order valence-corrected chi connectivity index (χ3v) is 4.09. The molecule has 29 heavy (non-hydrogen) atoms. The molecule has 0 aliphatic rings. The molecule has 0 bridgehead atoms. The lowest BCUT2D eigenvalue weighted by Crippen LogP contribution is -2.35. The molecule has 8 nitrogen and oxygen atoms in total. The highest BCUT2D eigenvalue weighted by Gasteiger charge is 2.16. The van der Waals surface area contributed by atoms with Crippen molar-refractivity contribution in [3.8, 4) is 11.5 Å². The van der Waals surface area contributed by atoms with E-state index in [0.717, 1.165) is 5.56 Å². The summed E-state index contributed by atoms with van der Waals surface area (Å²) in [5.74, 6) is -0.630. The van der Waals surface area contributed by atoms with Crippen molar-refractivity contribution < 1.29 is 28.6 Å². The Morgan fingerprint density at radius 1 is 0.931 bits per heavy atom. The van der Waals surface area contributed by atoms with Gasteiger partial charge in [-0.05, 0) is 25.1 Å². The molecule has 0 aliphatic carbocycles. The van der Waals surface area contributed by atoms with Crippen LogP contribution in [0.15, 0.2) is 48.5 Å². The van der Waals surface area contributed by atoms with E-state index in [1.807, 2.05) is 18.2 Å². The van der Waals surface area contributed by atoms with E-state index in [4.69, 9.17) is 14.2 Å². The highest BCUT2D eigenvalue weighted by Crippen LogP contribution is 2.24. The van der Waals surface area contributed by atoms with Crippen molar-refractivity contribution in [3.05, 3.63) is 59.7 Å². The normalized spacial score (nSPS) is 11.1. The van der Waals surface area contributed by atoms with Gasteiger partial charge >= 0.3 is 5.97 Å². The number of methoxy groups -OCH3 is 2. The summed E-state index contributed by atoms with van der Waals surface area (Å²) in [6.45, 7) is 0.972. The number of benzene rings is 2. The zero-order chi connectivity index (χ0) is 21.2. The number of amides is 2. The van der Waals surface area contributed by atoms with Crippen LogP contribution in [0.5, 0.6) is 11.5 Å². The zero-order valence-electron chi connectivity index (χ0n) is 16.6. The fourth-order valence-corrected chi connectivity index (χ4v) is 2.66. The van der Waals surface area contributed by atoms with Crippen LogP contribution in [0.4, 0.5) is 0 Å². The summed E-state index contributed by atoms with van der Waals surface area (Å²) in [6.07, 6.45) is 0. The Bertz CT molecular complexity index is 868. The second-order valence-corrected chi connectivity index (χ2v) is 6.07. The number of nitrogens with one attached hydrogen (secondary N) is 2. The van der Waals surface area contributed by atoms with Crippen LogP contribution in [0.25, 0.3) is 0 Å². The minimum absolute atomic E-state index is 0.297. The first kappa shape index (κ1) is 21.7. The van der Waals surface area contributed by atoms with Gasteiger partial charge in [0.05, 0.1) is 25.8 Å². The van der Waals surface area contributed by atoms with Crippen molar-refractivity contribution in [2.45, 2.75) is 13.0 Å². The van der Waals surface area contributed by atoms with Crippen molar-refractivity contribution in [1.82, 2.24) is 10.6 Å². The molecule has 2 aromatic rings. The van der Waals surface area contributed by atoms with Gasteiger partial charge in [0, 0.05) is 5.56 Å². The van der Waals surface area contributed by atoms with Crippen LogP contribution < -0.4 is 20.1 Å². The quantitative estimate of drug-likeness (QED) is 0.623. The fraction of sp³-hybridized carbons (Fsp3) is 0.286. The molecule has 1 unspecified atom stereocenters. The molecule has 0 radical (unpaired) electrons. The molecule has 2 amide bonds. The summed E-state index contributed by atoms with van der Waals surface area (Å²) in [7, 11) is 3.00. The van der Waals surface area contributed by atoms with Gasteiger partial charge < -0.3 is 24.8 Å². The molecule has 2 N–H and O–H groups in total. The molecule has 0 saturated heterocycles. The molecule has 0 heterocycles. The Hall–Kier alpha value is -3.55. The van der Waals surface area contributed by atoms with E-state index in [-0.39, 0.29) is 12.6 Å². The topological polar surface area (TPSA) is 103 Å². The molecule has 154 valence electrons. The van der Waals surface area contributed by atoms with Gasteiger partial charge in [-0.25, -0.2) is 0 Å². The summed E-state index contributed by atoms with van der Waals surface area (Å²) < 4.78 is 15.3. The van der Waals surface area contributed by atoms with Crippen LogP contribution in [-0.4, -0.2) is 45.2 Å². The Balaban J connectivity index is 1.78. The minimum atomic E-state index is -0.728. The van der Waals surface area contributed by atoms with Crippen LogP contribution in [-0.2, 0) is 14.3 Å². The number of hydrogen-bond acceptors (Lipinski definition) is 6. The fourth-order valence-electron chi connectivity index (χ4n) is 2.66. The Kier molecular flexibility index (Phi) is 8.02. The van der Waals surface area contributed by atoms with Gasteiger partial charge in [0.2, 0.25) is 0 Å².